The second-order valence-electron chi connectivity index (χ2n) is 14.2. The molecule has 4 aromatic rings. The number of amides is 1. The van der Waals surface area contributed by atoms with E-state index < -0.39 is 5.91 Å². The van der Waals surface area contributed by atoms with Crippen molar-refractivity contribution in [3.8, 4) is 5.88 Å². The molecule has 0 unspecified atom stereocenters. The van der Waals surface area contributed by atoms with Gasteiger partial charge in [-0.05, 0) is 98.9 Å². The minimum atomic E-state index is -0.440. The Morgan fingerprint density at radius 1 is 1.02 bits per heavy atom. The second-order valence-corrected chi connectivity index (χ2v) is 14.2. The first-order chi connectivity index (χ1) is 22.5. The largest absolute Gasteiger partial charge is 0.468 e. The first-order valence-corrected chi connectivity index (χ1v) is 17.0. The van der Waals surface area contributed by atoms with Gasteiger partial charge in [-0.25, -0.2) is 0 Å². The zero-order valence-corrected chi connectivity index (χ0v) is 26.5. The predicted molar refractivity (Wildman–Crippen MR) is 179 cm³/mol. The van der Waals surface area contributed by atoms with E-state index in [1.165, 1.54) is 56.2 Å². The van der Waals surface area contributed by atoms with Crippen LogP contribution in [0.5, 0.6) is 5.88 Å². The average molecular weight is 619 g/mol. The van der Waals surface area contributed by atoms with Gasteiger partial charge in [0.1, 0.15) is 17.4 Å². The van der Waals surface area contributed by atoms with Gasteiger partial charge >= 0.3 is 0 Å². The number of fused-ring (bicyclic) bond motifs is 3. The Labute approximate surface area is 269 Å². The van der Waals surface area contributed by atoms with Crippen molar-refractivity contribution in [2.75, 3.05) is 42.6 Å². The van der Waals surface area contributed by atoms with Crippen LogP contribution in [0.25, 0.3) is 11.0 Å². The first kappa shape index (κ1) is 28.2. The van der Waals surface area contributed by atoms with Gasteiger partial charge in [0.2, 0.25) is 5.88 Å². The van der Waals surface area contributed by atoms with E-state index in [4.69, 9.17) is 20.2 Å². The van der Waals surface area contributed by atoms with E-state index in [0.717, 1.165) is 41.2 Å². The van der Waals surface area contributed by atoms with Crippen molar-refractivity contribution in [3.05, 3.63) is 77.5 Å². The van der Waals surface area contributed by atoms with Gasteiger partial charge in [-0.2, -0.15) is 4.98 Å². The van der Waals surface area contributed by atoms with E-state index in [1.807, 2.05) is 18.3 Å². The number of H-pyrrole nitrogens is 1. The minimum Gasteiger partial charge on any atom is -0.468 e. The number of primary amides is 1. The number of ether oxygens (including phenoxy) is 2. The van der Waals surface area contributed by atoms with E-state index in [2.05, 4.69) is 69.1 Å². The Morgan fingerprint density at radius 2 is 1.87 bits per heavy atom. The Balaban J connectivity index is 0.957. The number of aromatic nitrogens is 2. The van der Waals surface area contributed by atoms with Crippen LogP contribution in [-0.4, -0.2) is 71.8 Å². The van der Waals surface area contributed by atoms with Crippen LogP contribution in [0.4, 0.5) is 17.1 Å². The fraction of sp³-hybridized carbons (Fsp3) is 0.459. The van der Waals surface area contributed by atoms with Crippen molar-refractivity contribution in [1.29, 1.82) is 0 Å². The van der Waals surface area contributed by atoms with Gasteiger partial charge in [0.15, 0.2) is 0 Å². The van der Waals surface area contributed by atoms with Crippen molar-refractivity contribution in [2.45, 2.75) is 69.7 Å². The number of carbonyl (C=O) groups excluding carboxylic acids is 1. The molecule has 2 aromatic heterocycles. The Hall–Kier alpha value is -4.08. The maximum absolute atomic E-state index is 12.8. The summed E-state index contributed by atoms with van der Waals surface area (Å²) in [4.78, 5) is 28.3. The molecule has 1 spiro atoms. The Morgan fingerprint density at radius 3 is 2.70 bits per heavy atom. The highest BCUT2D eigenvalue weighted by atomic mass is 16.6. The maximum Gasteiger partial charge on any atom is 0.250 e. The lowest BCUT2D eigenvalue weighted by molar-refractivity contribution is -0.0227. The summed E-state index contributed by atoms with van der Waals surface area (Å²) in [6.07, 6.45) is 9.30. The zero-order chi connectivity index (χ0) is 31.0. The summed E-state index contributed by atoms with van der Waals surface area (Å²) in [5, 5.41) is 0.987. The standard InChI is InChI=1S/C37H42N6O3/c1-23-5-2-3-6-27(23)29-7-4-14-42(29)26-19-37(20-26)11-15-41(16-12-37)25-8-9-28(34(38)44)30(18-25)43-31-17-24-10-13-39-35(24)40-36(31)46-33-22-45-21-32(33)43/h2-3,5-6,8-10,13,17-18,26,29,32-33H,4,7,11-12,14-16,19-22H2,1H3,(H2,38,44)(H,39,40)/t29-,32+,33-/m0/s1. The summed E-state index contributed by atoms with van der Waals surface area (Å²) in [5.41, 5.74) is 13.4. The fourth-order valence-electron chi connectivity index (χ4n) is 9.19. The van der Waals surface area contributed by atoms with Crippen LogP contribution in [0.3, 0.4) is 0 Å². The Kier molecular flexibility index (Phi) is 6.58. The number of carbonyl (C=O) groups is 1. The molecule has 4 aliphatic heterocycles. The lowest BCUT2D eigenvalue weighted by Crippen LogP contribution is -2.55. The summed E-state index contributed by atoms with van der Waals surface area (Å²) in [5.74, 6) is 0.106. The molecule has 9 nitrogen and oxygen atoms in total. The number of aromatic amines is 1. The Bertz CT molecular complexity index is 1800. The molecule has 9 rings (SSSR count). The molecular weight excluding hydrogens is 576 g/mol. The molecule has 3 atom stereocenters. The van der Waals surface area contributed by atoms with Gasteiger partial charge in [0.05, 0.1) is 30.5 Å². The van der Waals surface area contributed by atoms with Gasteiger partial charge in [-0.1, -0.05) is 24.3 Å². The van der Waals surface area contributed by atoms with Crippen LogP contribution >= 0.6 is 0 Å². The van der Waals surface area contributed by atoms with Gasteiger partial charge < -0.3 is 30.0 Å². The SMILES string of the molecule is Cc1ccccc1[C@@H]1CCCN1C1CC2(CCN(c3ccc(C(N)=O)c(N4c5cc6cc[nH]c6nc5O[C@H]5COC[C@H]54)c3)CC2)C1. The third-order valence-electron chi connectivity index (χ3n) is 11.7. The molecular formula is C37H42N6O3. The summed E-state index contributed by atoms with van der Waals surface area (Å²) in [6, 6.07) is 20.4. The molecule has 0 bridgehead atoms. The smallest absolute Gasteiger partial charge is 0.250 e. The van der Waals surface area contributed by atoms with E-state index >= 15 is 0 Å². The molecule has 5 aliphatic rings. The third kappa shape index (κ3) is 4.50. The quantitative estimate of drug-likeness (QED) is 0.289. The van der Waals surface area contributed by atoms with Crippen LogP contribution in [0, 0.1) is 12.3 Å². The summed E-state index contributed by atoms with van der Waals surface area (Å²) < 4.78 is 12.2. The van der Waals surface area contributed by atoms with Gasteiger partial charge in [-0.15, -0.1) is 0 Å². The highest BCUT2D eigenvalue weighted by Crippen LogP contribution is 2.54. The van der Waals surface area contributed by atoms with E-state index in [0.29, 0.717) is 42.2 Å². The van der Waals surface area contributed by atoms with Crippen LogP contribution in [0.15, 0.2) is 60.8 Å². The number of nitrogens with zero attached hydrogens (tertiary/aromatic N) is 4. The van der Waals surface area contributed by atoms with Gasteiger partial charge in [0.25, 0.3) is 5.91 Å². The summed E-state index contributed by atoms with van der Waals surface area (Å²) in [7, 11) is 0. The number of anilines is 3. The second kappa shape index (κ2) is 10.7. The average Bonchev–Trinajstić information content (AvgIpc) is 3.83. The predicted octanol–water partition coefficient (Wildman–Crippen LogP) is 5.85. The van der Waals surface area contributed by atoms with Crippen LogP contribution in [-0.2, 0) is 4.74 Å². The molecule has 6 heterocycles. The van der Waals surface area contributed by atoms with E-state index in [9.17, 15) is 4.79 Å². The molecule has 3 saturated heterocycles. The number of benzene rings is 2. The lowest BCUT2D eigenvalue weighted by atomic mass is 9.59. The van der Waals surface area contributed by atoms with Crippen molar-refractivity contribution in [3.63, 3.8) is 0 Å². The maximum atomic E-state index is 12.8. The first-order valence-electron chi connectivity index (χ1n) is 17.0. The van der Waals surface area contributed by atoms with Crippen LogP contribution in [0.2, 0.25) is 0 Å². The number of rotatable bonds is 5. The number of piperidine rings is 1. The fourth-order valence-corrected chi connectivity index (χ4v) is 9.19. The van der Waals surface area contributed by atoms with E-state index in [1.54, 1.807) is 0 Å². The number of likely N-dealkylation sites (tertiary alicyclic amines) is 1. The summed E-state index contributed by atoms with van der Waals surface area (Å²) >= 11 is 0. The highest BCUT2D eigenvalue weighted by molar-refractivity contribution is 6.01. The molecule has 1 saturated carbocycles. The molecule has 2 aromatic carbocycles. The molecule has 4 fully saturated rings. The minimum absolute atomic E-state index is 0.0790. The van der Waals surface area contributed by atoms with Crippen molar-refractivity contribution < 1.29 is 14.3 Å². The lowest BCUT2D eigenvalue weighted by Gasteiger charge is -2.56. The van der Waals surface area contributed by atoms with Gasteiger partial charge in [-0.3, -0.25) is 9.69 Å². The van der Waals surface area contributed by atoms with E-state index in [-0.39, 0.29) is 12.1 Å². The van der Waals surface area contributed by atoms with Crippen LogP contribution < -0.4 is 20.3 Å². The molecule has 3 N–H and O–H groups in total. The normalized spacial score (nSPS) is 25.8. The zero-order valence-electron chi connectivity index (χ0n) is 26.5. The highest BCUT2D eigenvalue weighted by Gasteiger charge is 2.50. The molecule has 238 valence electrons. The van der Waals surface area contributed by atoms with Crippen molar-refractivity contribution >= 4 is 34.0 Å². The summed E-state index contributed by atoms with van der Waals surface area (Å²) in [6.45, 7) is 6.51. The molecule has 1 amide bonds. The van der Waals surface area contributed by atoms with Crippen molar-refractivity contribution in [2.24, 2.45) is 11.1 Å². The number of pyridine rings is 1. The van der Waals surface area contributed by atoms with Crippen molar-refractivity contribution in [1.82, 2.24) is 14.9 Å². The molecule has 0 radical (unpaired) electrons. The number of hydrogen-bond donors (Lipinski definition) is 2. The number of hydrogen-bond acceptors (Lipinski definition) is 7. The monoisotopic (exact) mass is 618 g/mol. The number of aryl methyl sites for hydroxylation is 1. The van der Waals surface area contributed by atoms with Crippen LogP contribution in [0.1, 0.15) is 66.1 Å². The topological polar surface area (TPSA) is 100.0 Å². The molecule has 1 aliphatic carbocycles. The molecule has 46 heavy (non-hydrogen) atoms. The van der Waals surface area contributed by atoms with Gasteiger partial charge in [0, 0.05) is 42.4 Å². The number of nitrogens with two attached hydrogens (primary N) is 1. The molecule has 9 heteroatoms. The third-order valence-corrected chi connectivity index (χ3v) is 11.7. The number of nitrogens with one attached hydrogen (secondary N) is 1.